The Morgan fingerprint density at radius 1 is 1.14 bits per heavy atom. The summed E-state index contributed by atoms with van der Waals surface area (Å²) in [6.45, 7) is 6.06. The molecule has 0 N–H and O–H groups in total. The summed E-state index contributed by atoms with van der Waals surface area (Å²) in [4.78, 5) is 4.65. The SMILES string of the molecule is CC1(C)C=Cc2ncn(CC3CCCC4(C3)OCC(c3ccccc3)O4)c2C=C1. The van der Waals surface area contributed by atoms with Gasteiger partial charge < -0.3 is 14.0 Å². The van der Waals surface area contributed by atoms with Crippen molar-refractivity contribution in [2.24, 2.45) is 11.3 Å². The van der Waals surface area contributed by atoms with Crippen molar-refractivity contribution in [1.82, 2.24) is 9.55 Å². The number of imidazole rings is 1. The van der Waals surface area contributed by atoms with Gasteiger partial charge in [0.15, 0.2) is 5.79 Å². The number of benzene rings is 1. The van der Waals surface area contributed by atoms with Gasteiger partial charge in [-0.25, -0.2) is 4.98 Å². The highest BCUT2D eigenvalue weighted by Gasteiger charge is 2.45. The standard InChI is InChI=1S/C25H30N2O2/c1-24(2)13-10-21-22(11-14-24)27(18-26-21)16-19-7-6-12-25(15-19)28-17-23(29-25)20-8-4-3-5-9-20/h3-5,8-11,13-14,18-19,23H,6-7,12,15-17H2,1-2H3. The molecule has 1 spiro atoms. The second kappa shape index (κ2) is 7.26. The first kappa shape index (κ1) is 18.8. The number of allylic oxidation sites excluding steroid dienone is 2. The number of hydrogen-bond donors (Lipinski definition) is 0. The highest BCUT2D eigenvalue weighted by atomic mass is 16.7. The molecule has 2 fully saturated rings. The number of aromatic nitrogens is 2. The van der Waals surface area contributed by atoms with Crippen LogP contribution < -0.4 is 0 Å². The number of ether oxygens (including phenoxy) is 2. The number of rotatable bonds is 3. The Morgan fingerprint density at radius 3 is 2.83 bits per heavy atom. The van der Waals surface area contributed by atoms with Crippen LogP contribution in [0.15, 0.2) is 48.8 Å². The molecule has 3 unspecified atom stereocenters. The van der Waals surface area contributed by atoms with Crippen LogP contribution in [0.5, 0.6) is 0 Å². The number of nitrogens with zero attached hydrogens (tertiary/aromatic N) is 2. The first-order chi connectivity index (χ1) is 14.0. The molecule has 152 valence electrons. The lowest BCUT2D eigenvalue weighted by Gasteiger charge is -2.37. The molecule has 1 aromatic carbocycles. The van der Waals surface area contributed by atoms with E-state index in [1.54, 1.807) is 0 Å². The molecule has 2 aromatic rings. The lowest BCUT2D eigenvalue weighted by molar-refractivity contribution is -0.198. The molecular formula is C25H30N2O2. The average Bonchev–Trinajstić information content (AvgIpc) is 3.26. The third-order valence-corrected chi connectivity index (χ3v) is 6.50. The van der Waals surface area contributed by atoms with Crippen molar-refractivity contribution in [2.45, 2.75) is 58.0 Å². The number of fused-ring (bicyclic) bond motifs is 1. The first-order valence-corrected chi connectivity index (χ1v) is 10.8. The summed E-state index contributed by atoms with van der Waals surface area (Å²) in [5, 5.41) is 0. The second-order valence-corrected chi connectivity index (χ2v) is 9.36. The minimum absolute atomic E-state index is 0.0507. The molecule has 4 heteroatoms. The van der Waals surface area contributed by atoms with Gasteiger partial charge in [-0.15, -0.1) is 0 Å². The van der Waals surface area contributed by atoms with Crippen molar-refractivity contribution in [3.8, 4) is 0 Å². The first-order valence-electron chi connectivity index (χ1n) is 10.8. The fraction of sp³-hybridized carbons (Fsp3) is 0.480. The largest absolute Gasteiger partial charge is 0.347 e. The highest BCUT2D eigenvalue weighted by molar-refractivity contribution is 5.64. The van der Waals surface area contributed by atoms with Crippen LogP contribution in [0.2, 0.25) is 0 Å². The normalized spacial score (nSPS) is 30.4. The van der Waals surface area contributed by atoms with Crippen molar-refractivity contribution in [3.63, 3.8) is 0 Å². The molecule has 1 saturated carbocycles. The summed E-state index contributed by atoms with van der Waals surface area (Å²) in [7, 11) is 0. The average molecular weight is 391 g/mol. The van der Waals surface area contributed by atoms with Crippen LogP contribution in [0.25, 0.3) is 12.2 Å². The third kappa shape index (κ3) is 3.84. The predicted octanol–water partition coefficient (Wildman–Crippen LogP) is 5.62. The fourth-order valence-corrected chi connectivity index (χ4v) is 4.87. The van der Waals surface area contributed by atoms with Crippen LogP contribution in [0.4, 0.5) is 0 Å². The molecule has 1 saturated heterocycles. The maximum atomic E-state index is 6.51. The van der Waals surface area contributed by atoms with Crippen molar-refractivity contribution in [3.05, 3.63) is 65.8 Å². The van der Waals surface area contributed by atoms with E-state index in [1.807, 2.05) is 12.4 Å². The Morgan fingerprint density at radius 2 is 1.97 bits per heavy atom. The van der Waals surface area contributed by atoms with E-state index < -0.39 is 5.79 Å². The molecule has 29 heavy (non-hydrogen) atoms. The Hall–Kier alpha value is -2.17. The van der Waals surface area contributed by atoms with Crippen LogP contribution in [-0.2, 0) is 16.0 Å². The fourth-order valence-electron chi connectivity index (χ4n) is 4.87. The van der Waals surface area contributed by atoms with Crippen LogP contribution in [0.3, 0.4) is 0 Å². The maximum absolute atomic E-state index is 6.51. The molecule has 3 aliphatic rings. The molecule has 0 bridgehead atoms. The van der Waals surface area contributed by atoms with E-state index in [4.69, 9.17) is 9.47 Å². The molecule has 2 heterocycles. The minimum Gasteiger partial charge on any atom is -0.347 e. The summed E-state index contributed by atoms with van der Waals surface area (Å²) >= 11 is 0. The Kier molecular flexibility index (Phi) is 4.72. The molecular weight excluding hydrogens is 360 g/mol. The van der Waals surface area contributed by atoms with E-state index in [2.05, 4.69) is 72.0 Å². The Bertz CT molecular complexity index is 928. The van der Waals surface area contributed by atoms with Crippen molar-refractivity contribution in [1.29, 1.82) is 0 Å². The Labute approximate surface area is 173 Å². The van der Waals surface area contributed by atoms with Gasteiger partial charge in [0.05, 0.1) is 24.3 Å². The Balaban J connectivity index is 1.30. The predicted molar refractivity (Wildman–Crippen MR) is 115 cm³/mol. The van der Waals surface area contributed by atoms with Gasteiger partial charge in [-0.3, -0.25) is 0 Å². The van der Waals surface area contributed by atoms with Gasteiger partial charge in [0.2, 0.25) is 0 Å². The zero-order valence-electron chi connectivity index (χ0n) is 17.4. The number of hydrogen-bond acceptors (Lipinski definition) is 3. The van der Waals surface area contributed by atoms with Gasteiger partial charge in [0.1, 0.15) is 6.10 Å². The van der Waals surface area contributed by atoms with Crippen LogP contribution >= 0.6 is 0 Å². The van der Waals surface area contributed by atoms with E-state index in [1.165, 1.54) is 17.7 Å². The monoisotopic (exact) mass is 390 g/mol. The van der Waals surface area contributed by atoms with Crippen molar-refractivity contribution in [2.75, 3.05) is 6.61 Å². The van der Waals surface area contributed by atoms with E-state index in [9.17, 15) is 0 Å². The highest BCUT2D eigenvalue weighted by Crippen LogP contribution is 2.45. The summed E-state index contributed by atoms with van der Waals surface area (Å²) in [6, 6.07) is 10.5. The zero-order valence-corrected chi connectivity index (χ0v) is 17.4. The quantitative estimate of drug-likeness (QED) is 0.682. The molecule has 1 aromatic heterocycles. The van der Waals surface area contributed by atoms with Gasteiger partial charge in [-0.1, -0.05) is 56.3 Å². The van der Waals surface area contributed by atoms with E-state index in [0.29, 0.717) is 12.5 Å². The van der Waals surface area contributed by atoms with Gasteiger partial charge in [-0.05, 0) is 36.5 Å². The lowest BCUT2D eigenvalue weighted by atomic mass is 9.84. The zero-order chi connectivity index (χ0) is 19.9. The van der Waals surface area contributed by atoms with Crippen LogP contribution in [0, 0.1) is 11.3 Å². The van der Waals surface area contributed by atoms with Crippen molar-refractivity contribution < 1.29 is 9.47 Å². The summed E-state index contributed by atoms with van der Waals surface area (Å²) in [5.41, 5.74) is 3.56. The van der Waals surface area contributed by atoms with E-state index >= 15 is 0 Å². The van der Waals surface area contributed by atoms with Gasteiger partial charge >= 0.3 is 0 Å². The van der Waals surface area contributed by atoms with Crippen LogP contribution in [0.1, 0.15) is 62.6 Å². The molecule has 0 amide bonds. The van der Waals surface area contributed by atoms with E-state index in [0.717, 1.165) is 31.5 Å². The lowest BCUT2D eigenvalue weighted by Crippen LogP contribution is -2.37. The molecule has 2 aliphatic carbocycles. The second-order valence-electron chi connectivity index (χ2n) is 9.36. The summed E-state index contributed by atoms with van der Waals surface area (Å²) in [5.74, 6) is 0.115. The maximum Gasteiger partial charge on any atom is 0.169 e. The van der Waals surface area contributed by atoms with Crippen LogP contribution in [-0.4, -0.2) is 21.9 Å². The molecule has 3 atom stereocenters. The third-order valence-electron chi connectivity index (χ3n) is 6.50. The van der Waals surface area contributed by atoms with E-state index in [-0.39, 0.29) is 11.5 Å². The smallest absolute Gasteiger partial charge is 0.169 e. The van der Waals surface area contributed by atoms with Gasteiger partial charge in [0.25, 0.3) is 0 Å². The summed E-state index contributed by atoms with van der Waals surface area (Å²) in [6.07, 6.45) is 15.2. The summed E-state index contributed by atoms with van der Waals surface area (Å²) < 4.78 is 15.1. The van der Waals surface area contributed by atoms with Gasteiger partial charge in [-0.2, -0.15) is 0 Å². The van der Waals surface area contributed by atoms with Crippen molar-refractivity contribution >= 4 is 12.2 Å². The molecule has 0 radical (unpaired) electrons. The van der Waals surface area contributed by atoms with Gasteiger partial charge in [0, 0.05) is 24.8 Å². The minimum atomic E-state index is -0.418. The molecule has 4 nitrogen and oxygen atoms in total. The topological polar surface area (TPSA) is 36.3 Å². The molecule has 5 rings (SSSR count). The molecule has 1 aliphatic heterocycles.